The van der Waals surface area contributed by atoms with Gasteiger partial charge in [0.1, 0.15) is 0 Å². The number of β-amino-alcohol motifs (C(OH)–C–C–N with tert-alkyl or cyclic N) is 1. The second kappa shape index (κ2) is 19.8. The molecular formula is C23H47N3O6S. The number of aliphatic hydroxyl groups excluding tert-OH is 1. The molecule has 0 radical (unpaired) electrons. The first-order chi connectivity index (χ1) is 16.0. The summed E-state index contributed by atoms with van der Waals surface area (Å²) in [6.45, 7) is 17.5. The van der Waals surface area contributed by atoms with E-state index < -0.39 is 0 Å². The number of thioether (sulfide) groups is 1. The van der Waals surface area contributed by atoms with Crippen LogP contribution in [0.3, 0.4) is 0 Å². The van der Waals surface area contributed by atoms with Crippen LogP contribution in [0.5, 0.6) is 0 Å². The highest BCUT2D eigenvalue weighted by molar-refractivity contribution is 8.01. The monoisotopic (exact) mass is 493 g/mol. The van der Waals surface area contributed by atoms with E-state index in [9.17, 15) is 4.79 Å². The molecule has 0 aromatic rings. The highest BCUT2D eigenvalue weighted by Crippen LogP contribution is 2.25. The average molecular weight is 494 g/mol. The Hall–Kier alpha value is -0.460. The summed E-state index contributed by atoms with van der Waals surface area (Å²) in [6, 6.07) is 0. The first kappa shape index (κ1) is 30.6. The summed E-state index contributed by atoms with van der Waals surface area (Å²) >= 11 is 1.69. The van der Waals surface area contributed by atoms with Gasteiger partial charge in [0.2, 0.25) is 5.91 Å². The number of amides is 1. The van der Waals surface area contributed by atoms with Crippen LogP contribution in [0.2, 0.25) is 0 Å². The van der Waals surface area contributed by atoms with Crippen molar-refractivity contribution in [3.8, 4) is 0 Å². The molecule has 0 spiro atoms. The topological polar surface area (TPSA) is 92.7 Å². The first-order valence-corrected chi connectivity index (χ1v) is 13.2. The first-order valence-electron chi connectivity index (χ1n) is 12.2. The number of carbonyl (C=O) groups excluding carboxylic acids is 1. The summed E-state index contributed by atoms with van der Waals surface area (Å²) in [5.41, 5.74) is 0. The van der Waals surface area contributed by atoms with Crippen LogP contribution in [0.1, 0.15) is 27.2 Å². The number of ether oxygens (including phenoxy) is 4. The van der Waals surface area contributed by atoms with Gasteiger partial charge in [0.05, 0.1) is 58.6 Å². The van der Waals surface area contributed by atoms with Gasteiger partial charge in [-0.15, -0.1) is 11.8 Å². The smallest absolute Gasteiger partial charge is 0.230 e. The maximum atomic E-state index is 12.1. The summed E-state index contributed by atoms with van der Waals surface area (Å²) in [7, 11) is 0. The third kappa shape index (κ3) is 17.6. The number of rotatable bonds is 21. The fourth-order valence-corrected chi connectivity index (χ4v) is 4.28. The fraction of sp³-hybridized carbons (Fsp3) is 0.957. The van der Waals surface area contributed by atoms with Crippen LogP contribution in [0, 0.1) is 0 Å². The zero-order valence-corrected chi connectivity index (χ0v) is 21.8. The van der Waals surface area contributed by atoms with Gasteiger partial charge in [0, 0.05) is 57.2 Å². The minimum Gasteiger partial charge on any atom is -0.395 e. The van der Waals surface area contributed by atoms with E-state index in [1.807, 2.05) is 0 Å². The van der Waals surface area contributed by atoms with Crippen molar-refractivity contribution in [1.82, 2.24) is 15.1 Å². The van der Waals surface area contributed by atoms with Gasteiger partial charge in [-0.25, -0.2) is 0 Å². The third-order valence-electron chi connectivity index (χ3n) is 5.11. The van der Waals surface area contributed by atoms with Crippen molar-refractivity contribution in [3.63, 3.8) is 0 Å². The predicted octanol–water partition coefficient (Wildman–Crippen LogP) is 0.701. The normalized spacial score (nSPS) is 15.8. The molecule has 1 aliphatic heterocycles. The molecule has 0 aromatic carbocycles. The van der Waals surface area contributed by atoms with Crippen molar-refractivity contribution < 1.29 is 28.8 Å². The number of piperazine rings is 1. The van der Waals surface area contributed by atoms with Crippen LogP contribution in [0.25, 0.3) is 0 Å². The molecule has 0 bridgehead atoms. The highest BCUT2D eigenvalue weighted by atomic mass is 32.2. The van der Waals surface area contributed by atoms with Gasteiger partial charge < -0.3 is 29.4 Å². The van der Waals surface area contributed by atoms with E-state index in [0.717, 1.165) is 52.3 Å². The van der Waals surface area contributed by atoms with Crippen molar-refractivity contribution in [2.75, 3.05) is 111 Å². The van der Waals surface area contributed by atoms with Gasteiger partial charge >= 0.3 is 0 Å². The molecule has 0 atom stereocenters. The second-order valence-corrected chi connectivity index (χ2v) is 10.4. The van der Waals surface area contributed by atoms with E-state index in [0.29, 0.717) is 58.5 Å². The van der Waals surface area contributed by atoms with Gasteiger partial charge in [0.25, 0.3) is 0 Å². The highest BCUT2D eigenvalue weighted by Gasteiger charge is 2.25. The van der Waals surface area contributed by atoms with Crippen molar-refractivity contribution >= 4 is 17.7 Å². The molecule has 1 amide bonds. The van der Waals surface area contributed by atoms with Crippen LogP contribution >= 0.6 is 11.8 Å². The van der Waals surface area contributed by atoms with Gasteiger partial charge in [-0.3, -0.25) is 14.6 Å². The lowest BCUT2D eigenvalue weighted by atomic mass is 10.1. The number of hydrogen-bond acceptors (Lipinski definition) is 9. The molecule has 1 fully saturated rings. The zero-order valence-electron chi connectivity index (χ0n) is 21.0. The van der Waals surface area contributed by atoms with E-state index >= 15 is 0 Å². The Morgan fingerprint density at radius 3 is 1.94 bits per heavy atom. The van der Waals surface area contributed by atoms with Gasteiger partial charge in [-0.2, -0.15) is 0 Å². The Bertz CT molecular complexity index is 479. The van der Waals surface area contributed by atoms with E-state index in [4.69, 9.17) is 24.1 Å². The lowest BCUT2D eigenvalue weighted by Gasteiger charge is -2.38. The fourth-order valence-electron chi connectivity index (χ4n) is 3.38. The molecule has 196 valence electrons. The molecule has 0 saturated carbocycles. The molecule has 1 rings (SSSR count). The summed E-state index contributed by atoms with van der Waals surface area (Å²) < 4.78 is 21.7. The number of hydrogen-bond donors (Lipinski definition) is 2. The molecule has 0 unspecified atom stereocenters. The van der Waals surface area contributed by atoms with Crippen LogP contribution < -0.4 is 5.32 Å². The Balaban J connectivity index is 1.92. The molecule has 33 heavy (non-hydrogen) atoms. The maximum absolute atomic E-state index is 12.1. The molecule has 0 aromatic heterocycles. The van der Waals surface area contributed by atoms with Crippen LogP contribution in [0.4, 0.5) is 0 Å². The summed E-state index contributed by atoms with van der Waals surface area (Å²) in [5, 5.41) is 12.0. The molecule has 1 saturated heterocycles. The summed E-state index contributed by atoms with van der Waals surface area (Å²) in [6.07, 6.45) is 1.02. The van der Waals surface area contributed by atoms with Crippen molar-refractivity contribution in [2.24, 2.45) is 0 Å². The Kier molecular flexibility index (Phi) is 18.3. The van der Waals surface area contributed by atoms with E-state index in [2.05, 4.69) is 35.9 Å². The SMILES string of the molecule is CCCOCCOCCOCCOCCNC(=O)CSC(C)(C)CN1CCN(CCO)CC1. The standard InChI is InChI=1S/C23H47N3O6S/c1-4-12-29-14-16-31-18-19-32-17-15-30-13-5-24-22(28)20-33-23(2,3)21-26-8-6-25(7-9-26)10-11-27/h27H,4-21H2,1-3H3,(H,24,28). The Labute approximate surface area is 204 Å². The van der Waals surface area contributed by atoms with E-state index in [1.54, 1.807) is 11.8 Å². The van der Waals surface area contributed by atoms with Crippen molar-refractivity contribution in [1.29, 1.82) is 0 Å². The van der Waals surface area contributed by atoms with Crippen molar-refractivity contribution in [3.05, 3.63) is 0 Å². The molecule has 1 heterocycles. The van der Waals surface area contributed by atoms with Gasteiger partial charge in [-0.1, -0.05) is 6.92 Å². The minimum absolute atomic E-state index is 0.0105. The van der Waals surface area contributed by atoms with E-state index in [-0.39, 0.29) is 17.3 Å². The molecule has 2 N–H and O–H groups in total. The molecule has 10 heteroatoms. The largest absolute Gasteiger partial charge is 0.395 e. The van der Waals surface area contributed by atoms with E-state index in [1.165, 1.54) is 0 Å². The number of nitrogens with zero attached hydrogens (tertiary/aromatic N) is 2. The summed E-state index contributed by atoms with van der Waals surface area (Å²) in [5.74, 6) is 0.491. The Morgan fingerprint density at radius 1 is 0.879 bits per heavy atom. The quantitative estimate of drug-likeness (QED) is 0.224. The van der Waals surface area contributed by atoms with Crippen LogP contribution in [0.15, 0.2) is 0 Å². The van der Waals surface area contributed by atoms with Gasteiger partial charge in [0.15, 0.2) is 0 Å². The van der Waals surface area contributed by atoms with Gasteiger partial charge in [-0.05, 0) is 20.3 Å². The third-order valence-corrected chi connectivity index (χ3v) is 6.43. The maximum Gasteiger partial charge on any atom is 0.230 e. The lowest BCUT2D eigenvalue weighted by Crippen LogP contribution is -2.50. The number of carbonyl (C=O) groups is 1. The lowest BCUT2D eigenvalue weighted by molar-refractivity contribution is -0.118. The zero-order chi connectivity index (χ0) is 24.2. The van der Waals surface area contributed by atoms with Crippen molar-refractivity contribution in [2.45, 2.75) is 31.9 Å². The predicted molar refractivity (Wildman–Crippen MR) is 133 cm³/mol. The second-order valence-electron chi connectivity index (χ2n) is 8.69. The molecule has 9 nitrogen and oxygen atoms in total. The molecule has 0 aliphatic carbocycles. The summed E-state index contributed by atoms with van der Waals surface area (Å²) in [4.78, 5) is 16.9. The molecule has 1 aliphatic rings. The van der Waals surface area contributed by atoms with Crippen LogP contribution in [-0.4, -0.2) is 137 Å². The average Bonchev–Trinajstić information content (AvgIpc) is 2.79. The van der Waals surface area contributed by atoms with Crippen LogP contribution in [-0.2, 0) is 23.7 Å². The number of nitrogens with one attached hydrogen (secondary N) is 1. The Morgan fingerprint density at radius 2 is 1.39 bits per heavy atom. The number of aliphatic hydroxyl groups is 1. The molecular weight excluding hydrogens is 446 g/mol. The minimum atomic E-state index is 0.0105.